The molecule has 108 valence electrons. The highest BCUT2D eigenvalue weighted by atomic mass is 28.4. The highest BCUT2D eigenvalue weighted by Gasteiger charge is 2.51. The van der Waals surface area contributed by atoms with Gasteiger partial charge in [0.15, 0.2) is 0 Å². The Balaban J connectivity index is 3.13. The minimum atomic E-state index is -3.19. The number of rotatable bonds is 8. The predicted molar refractivity (Wildman–Crippen MR) is 70.7 cm³/mol. The summed E-state index contributed by atoms with van der Waals surface area (Å²) in [6, 6.07) is 9.33. The molecule has 0 bridgehead atoms. The molecule has 0 aliphatic heterocycles. The van der Waals surface area contributed by atoms with Gasteiger partial charge in [0.25, 0.3) is 0 Å². The predicted octanol–water partition coefficient (Wildman–Crippen LogP) is 0.692. The topological polar surface area (TPSA) is 55.4 Å². The van der Waals surface area contributed by atoms with Gasteiger partial charge in [-0.25, -0.2) is 0 Å². The van der Waals surface area contributed by atoms with Crippen LogP contribution in [0.2, 0.25) is 0 Å². The van der Waals surface area contributed by atoms with Crippen LogP contribution in [0.5, 0.6) is 0 Å². The molecule has 0 fully saturated rings. The van der Waals surface area contributed by atoms with E-state index < -0.39 is 15.0 Å². The monoisotopic (exact) mass is 288 g/mol. The van der Waals surface area contributed by atoms with Crippen molar-refractivity contribution < 1.29 is 27.5 Å². The molecule has 0 atom stereocenters. The fourth-order valence-electron chi connectivity index (χ4n) is 1.64. The molecule has 7 heteroatoms. The van der Waals surface area contributed by atoms with Gasteiger partial charge in [0.05, 0.1) is 0 Å². The van der Waals surface area contributed by atoms with Crippen LogP contribution in [-0.2, 0) is 27.5 Å². The van der Waals surface area contributed by atoms with Gasteiger partial charge in [0.1, 0.15) is 0 Å². The molecule has 0 unspecified atom stereocenters. The summed E-state index contributed by atoms with van der Waals surface area (Å²) in [5.74, 6) is 0. The molecule has 1 rings (SSSR count). The maximum absolute atomic E-state index is 5.79. The van der Waals surface area contributed by atoms with E-state index in [0.717, 1.165) is 5.19 Å². The summed E-state index contributed by atoms with van der Waals surface area (Å²) in [7, 11) is 4.04. The molecule has 19 heavy (non-hydrogen) atoms. The second-order valence-electron chi connectivity index (χ2n) is 3.54. The Morgan fingerprint density at radius 2 is 1.26 bits per heavy atom. The summed E-state index contributed by atoms with van der Waals surface area (Å²) in [6.45, 7) is 0. The van der Waals surface area contributed by atoms with Gasteiger partial charge in [-0.1, -0.05) is 30.3 Å². The molecule has 0 aliphatic carbocycles. The van der Waals surface area contributed by atoms with E-state index >= 15 is 0 Å². The number of hydrogen-bond acceptors (Lipinski definition) is 6. The summed E-state index contributed by atoms with van der Waals surface area (Å²) >= 11 is 0. The van der Waals surface area contributed by atoms with E-state index in [1.165, 1.54) is 35.5 Å². The number of ether oxygens (including phenoxy) is 3. The lowest BCUT2D eigenvalue weighted by Crippen LogP contribution is -2.61. The summed E-state index contributed by atoms with van der Waals surface area (Å²) < 4.78 is 32.1. The zero-order valence-corrected chi connectivity index (χ0v) is 12.8. The largest absolute Gasteiger partial charge is 0.542 e. The van der Waals surface area contributed by atoms with Crippen LogP contribution in [-0.4, -0.2) is 50.5 Å². The summed E-state index contributed by atoms with van der Waals surface area (Å²) in [5.41, 5.74) is 0. The first kappa shape index (κ1) is 16.3. The molecular formula is C12H20O6Si. The number of benzene rings is 1. The molecule has 0 N–H and O–H groups in total. The second kappa shape index (κ2) is 7.11. The molecule has 0 spiro atoms. The molecule has 0 radical (unpaired) electrons. The van der Waals surface area contributed by atoms with E-state index in [1.54, 1.807) is 0 Å². The van der Waals surface area contributed by atoms with Gasteiger partial charge in [0, 0.05) is 40.7 Å². The summed E-state index contributed by atoms with van der Waals surface area (Å²) in [4.78, 5) is 0. The van der Waals surface area contributed by atoms with E-state index in [4.69, 9.17) is 27.5 Å². The van der Waals surface area contributed by atoms with Crippen LogP contribution in [0.1, 0.15) is 0 Å². The first-order chi connectivity index (χ1) is 9.12. The quantitative estimate of drug-likeness (QED) is 0.518. The van der Waals surface area contributed by atoms with Crippen molar-refractivity contribution in [3.05, 3.63) is 30.3 Å². The molecule has 6 nitrogen and oxygen atoms in total. The zero-order chi connectivity index (χ0) is 14.4. The molecule has 0 aromatic heterocycles. The lowest BCUT2D eigenvalue weighted by atomic mass is 10.4. The van der Waals surface area contributed by atoms with Gasteiger partial charge in [0.2, 0.25) is 0 Å². The zero-order valence-electron chi connectivity index (χ0n) is 11.8. The normalized spacial score (nSPS) is 12.7. The summed E-state index contributed by atoms with van der Waals surface area (Å²) in [5, 5.41) is 0.774. The first-order valence-corrected chi connectivity index (χ1v) is 7.36. The van der Waals surface area contributed by atoms with Crippen LogP contribution >= 0.6 is 0 Å². The fourth-order valence-corrected chi connectivity index (χ4v) is 3.75. The first-order valence-electron chi connectivity index (χ1n) is 5.63. The molecule has 0 amide bonds. The fraction of sp³-hybridized carbons (Fsp3) is 0.500. The van der Waals surface area contributed by atoms with Crippen LogP contribution in [0, 0.1) is 0 Å². The van der Waals surface area contributed by atoms with Gasteiger partial charge in [-0.3, -0.25) is 4.43 Å². The minimum absolute atomic E-state index is 0.774. The van der Waals surface area contributed by atoms with Crippen LogP contribution in [0.15, 0.2) is 30.3 Å². The third-order valence-corrected chi connectivity index (χ3v) is 5.31. The highest BCUT2D eigenvalue weighted by molar-refractivity contribution is 6.75. The Kier molecular flexibility index (Phi) is 6.08. The van der Waals surface area contributed by atoms with Crippen molar-refractivity contribution in [2.75, 3.05) is 35.5 Å². The van der Waals surface area contributed by atoms with E-state index in [2.05, 4.69) is 0 Å². The Morgan fingerprint density at radius 3 is 1.63 bits per heavy atom. The molecule has 0 aliphatic rings. The Bertz CT molecular complexity index is 355. The third kappa shape index (κ3) is 3.40. The maximum Gasteiger partial charge on any atom is 0.542 e. The van der Waals surface area contributed by atoms with Gasteiger partial charge in [-0.05, 0) is 0 Å². The third-order valence-electron chi connectivity index (χ3n) is 2.67. The SMILES string of the molecule is COC(OC)(OC)O[Si](OC)(OC)c1ccccc1. The van der Waals surface area contributed by atoms with Gasteiger partial charge in [-0.2, -0.15) is 0 Å². The average Bonchev–Trinajstić information content (AvgIpc) is 2.51. The van der Waals surface area contributed by atoms with Crippen molar-refractivity contribution in [1.29, 1.82) is 0 Å². The molecule has 0 heterocycles. The van der Waals surface area contributed by atoms with E-state index in [0.29, 0.717) is 0 Å². The van der Waals surface area contributed by atoms with Crippen LogP contribution in [0.4, 0.5) is 0 Å². The highest BCUT2D eigenvalue weighted by Crippen LogP contribution is 2.22. The van der Waals surface area contributed by atoms with Crippen molar-refractivity contribution in [2.24, 2.45) is 0 Å². The van der Waals surface area contributed by atoms with Crippen molar-refractivity contribution in [2.45, 2.75) is 6.16 Å². The van der Waals surface area contributed by atoms with Crippen LogP contribution in [0.25, 0.3) is 0 Å². The van der Waals surface area contributed by atoms with Crippen molar-refractivity contribution in [3.8, 4) is 0 Å². The van der Waals surface area contributed by atoms with Crippen molar-refractivity contribution in [3.63, 3.8) is 0 Å². The molecule has 1 aromatic carbocycles. The van der Waals surface area contributed by atoms with Crippen molar-refractivity contribution >= 4 is 14.0 Å². The summed E-state index contributed by atoms with van der Waals surface area (Å²) in [6.07, 6.45) is -1.67. The molecule has 0 saturated heterocycles. The van der Waals surface area contributed by atoms with E-state index in [1.807, 2.05) is 30.3 Å². The number of hydrogen-bond donors (Lipinski definition) is 0. The standard InChI is InChI=1S/C12H20O6Si/c1-13-12(14-2,15-3)18-19(16-4,17-5)11-9-7-6-8-10-11/h6-10H,1-5H3. The van der Waals surface area contributed by atoms with Gasteiger partial charge >= 0.3 is 15.0 Å². The van der Waals surface area contributed by atoms with Gasteiger partial charge in [-0.15, -0.1) is 0 Å². The Hall–Kier alpha value is -0.803. The van der Waals surface area contributed by atoms with Crippen molar-refractivity contribution in [1.82, 2.24) is 0 Å². The minimum Gasteiger partial charge on any atom is -0.373 e. The van der Waals surface area contributed by atoms with Crippen LogP contribution < -0.4 is 5.19 Å². The maximum atomic E-state index is 5.79. The lowest BCUT2D eigenvalue weighted by molar-refractivity contribution is -0.459. The smallest absolute Gasteiger partial charge is 0.373 e. The van der Waals surface area contributed by atoms with Gasteiger partial charge < -0.3 is 23.1 Å². The van der Waals surface area contributed by atoms with Crippen LogP contribution in [0.3, 0.4) is 0 Å². The lowest BCUT2D eigenvalue weighted by Gasteiger charge is -2.35. The van der Waals surface area contributed by atoms with E-state index in [-0.39, 0.29) is 0 Å². The Morgan fingerprint density at radius 1 is 0.789 bits per heavy atom. The molecule has 1 aromatic rings. The molecular weight excluding hydrogens is 268 g/mol. The average molecular weight is 288 g/mol. The second-order valence-corrected chi connectivity index (χ2v) is 6.26. The Labute approximate surface area is 114 Å². The van der Waals surface area contributed by atoms with E-state index in [9.17, 15) is 0 Å². The molecule has 0 saturated carbocycles. The number of methoxy groups -OCH3 is 3.